The molecule has 1 amide bonds. The van der Waals surface area contributed by atoms with Crippen molar-refractivity contribution in [2.45, 2.75) is 0 Å². The van der Waals surface area contributed by atoms with Gasteiger partial charge in [-0.2, -0.15) is 0 Å². The Bertz CT molecular complexity index is 1100. The molecule has 0 aromatic heterocycles. The Morgan fingerprint density at radius 3 is 2.27 bits per heavy atom. The van der Waals surface area contributed by atoms with Crippen LogP contribution < -0.4 is 19.7 Å². The number of anilines is 2. The molecule has 1 aliphatic rings. The van der Waals surface area contributed by atoms with Gasteiger partial charge in [-0.15, -0.1) is 0 Å². The fourth-order valence-corrected chi connectivity index (χ4v) is 3.35. The maximum Gasteiger partial charge on any atom is 0.355 e. The number of hydrogen-bond donors (Lipinski definition) is 1. The third-order valence-corrected chi connectivity index (χ3v) is 4.91. The smallest absolute Gasteiger partial charge is 0.355 e. The zero-order valence-electron chi connectivity index (χ0n) is 18.7. The fraction of sp³-hybridized carbons (Fsp3) is 0.261. The number of ether oxygens (including phenoxy) is 5. The third kappa shape index (κ3) is 4.90. The van der Waals surface area contributed by atoms with Gasteiger partial charge in [0.15, 0.2) is 11.5 Å². The predicted octanol–water partition coefficient (Wildman–Crippen LogP) is 2.35. The van der Waals surface area contributed by atoms with Crippen molar-refractivity contribution >= 4 is 29.2 Å². The van der Waals surface area contributed by atoms with Crippen LogP contribution in [0.1, 0.15) is 10.4 Å². The van der Waals surface area contributed by atoms with Crippen molar-refractivity contribution in [1.29, 1.82) is 0 Å². The van der Waals surface area contributed by atoms with E-state index in [2.05, 4.69) is 5.32 Å². The van der Waals surface area contributed by atoms with E-state index >= 15 is 0 Å². The molecule has 1 N–H and O–H groups in total. The number of carbonyl (C=O) groups excluding carboxylic acids is 3. The number of amides is 1. The zero-order valence-corrected chi connectivity index (χ0v) is 18.7. The highest BCUT2D eigenvalue weighted by atomic mass is 16.5. The van der Waals surface area contributed by atoms with Crippen molar-refractivity contribution in [2.24, 2.45) is 0 Å². The second kappa shape index (κ2) is 10.5. The molecule has 0 saturated carbocycles. The quantitative estimate of drug-likeness (QED) is 0.627. The molecule has 0 fully saturated rings. The lowest BCUT2D eigenvalue weighted by molar-refractivity contribution is -0.140. The van der Waals surface area contributed by atoms with Crippen LogP contribution in [0.5, 0.6) is 11.5 Å². The van der Waals surface area contributed by atoms with Crippen LogP contribution in [0.25, 0.3) is 0 Å². The zero-order chi connectivity index (χ0) is 24.0. The fourth-order valence-electron chi connectivity index (χ4n) is 3.35. The van der Waals surface area contributed by atoms with Gasteiger partial charge in [0, 0.05) is 11.8 Å². The third-order valence-electron chi connectivity index (χ3n) is 4.91. The number of hydrogen-bond acceptors (Lipinski definition) is 9. The van der Waals surface area contributed by atoms with Crippen LogP contribution in [0.15, 0.2) is 53.7 Å². The number of para-hydroxylation sites is 1. The van der Waals surface area contributed by atoms with Crippen LogP contribution in [-0.2, 0) is 23.8 Å². The Kier molecular flexibility index (Phi) is 7.52. The number of esters is 2. The second-order valence-electron chi connectivity index (χ2n) is 6.76. The average Bonchev–Trinajstić information content (AvgIpc) is 2.87. The summed E-state index contributed by atoms with van der Waals surface area (Å²) in [4.78, 5) is 39.4. The normalized spacial score (nSPS) is 13.3. The van der Waals surface area contributed by atoms with E-state index in [1.165, 1.54) is 33.3 Å². The molecule has 33 heavy (non-hydrogen) atoms. The lowest BCUT2D eigenvalue weighted by atomic mass is 10.1. The van der Waals surface area contributed by atoms with Crippen molar-refractivity contribution in [3.05, 3.63) is 59.3 Å². The summed E-state index contributed by atoms with van der Waals surface area (Å²) in [5.74, 6) is -0.968. The van der Waals surface area contributed by atoms with E-state index in [0.717, 1.165) is 0 Å². The summed E-state index contributed by atoms with van der Waals surface area (Å²) in [7, 11) is 5.41. The Labute approximate surface area is 190 Å². The molecule has 0 aliphatic carbocycles. The molecule has 0 radical (unpaired) electrons. The summed E-state index contributed by atoms with van der Waals surface area (Å²) >= 11 is 0. The second-order valence-corrected chi connectivity index (χ2v) is 6.76. The summed E-state index contributed by atoms with van der Waals surface area (Å²) in [6.07, 6.45) is 0. The van der Waals surface area contributed by atoms with Gasteiger partial charge < -0.3 is 33.9 Å². The van der Waals surface area contributed by atoms with E-state index in [1.54, 1.807) is 42.5 Å². The highest BCUT2D eigenvalue weighted by molar-refractivity contribution is 6.10. The molecule has 0 bridgehead atoms. The first-order valence-electron chi connectivity index (χ1n) is 9.82. The number of nitrogens with one attached hydrogen (secondary N) is 1. The maximum absolute atomic E-state index is 13.2. The monoisotopic (exact) mass is 456 g/mol. The van der Waals surface area contributed by atoms with Gasteiger partial charge in [0.2, 0.25) is 0 Å². The first-order chi connectivity index (χ1) is 15.9. The summed E-state index contributed by atoms with van der Waals surface area (Å²) in [5, 5.41) is 2.80. The largest absolute Gasteiger partial charge is 0.493 e. The van der Waals surface area contributed by atoms with Crippen LogP contribution in [-0.4, -0.2) is 59.6 Å². The molecule has 3 rings (SSSR count). The highest BCUT2D eigenvalue weighted by Crippen LogP contribution is 2.32. The molecule has 1 heterocycles. The molecular weight excluding hydrogens is 432 g/mol. The molecule has 0 atom stereocenters. The van der Waals surface area contributed by atoms with Gasteiger partial charge in [0.05, 0.1) is 51.9 Å². The summed E-state index contributed by atoms with van der Waals surface area (Å²) < 4.78 is 25.7. The van der Waals surface area contributed by atoms with Gasteiger partial charge in [-0.25, -0.2) is 9.59 Å². The summed E-state index contributed by atoms with van der Waals surface area (Å²) in [6.45, 7) is -0.209. The molecule has 10 heteroatoms. The molecule has 2 aromatic rings. The standard InChI is InChI=1S/C23H24N2O8/c1-29-18-10-9-14(11-19(18)30-2)24-21(26)15-7-5-6-8-17(15)25-13-33-12-16(22(27)31-3)20(25)23(28)32-4/h5-11H,12-13H2,1-4H3,(H,24,26). The lowest BCUT2D eigenvalue weighted by Gasteiger charge is -2.32. The van der Waals surface area contributed by atoms with Crippen LogP contribution in [0.3, 0.4) is 0 Å². The first-order valence-corrected chi connectivity index (χ1v) is 9.82. The first kappa shape index (κ1) is 23.6. The van der Waals surface area contributed by atoms with Gasteiger partial charge in [-0.05, 0) is 24.3 Å². The van der Waals surface area contributed by atoms with E-state index in [0.29, 0.717) is 22.9 Å². The van der Waals surface area contributed by atoms with E-state index in [1.807, 2.05) is 0 Å². The van der Waals surface area contributed by atoms with Crippen molar-refractivity contribution in [3.63, 3.8) is 0 Å². The molecule has 0 spiro atoms. The Morgan fingerprint density at radius 1 is 0.909 bits per heavy atom. The van der Waals surface area contributed by atoms with Crippen molar-refractivity contribution in [2.75, 3.05) is 52.0 Å². The van der Waals surface area contributed by atoms with Crippen molar-refractivity contribution < 1.29 is 38.1 Å². The van der Waals surface area contributed by atoms with Gasteiger partial charge in [0.1, 0.15) is 12.4 Å². The predicted molar refractivity (Wildman–Crippen MR) is 118 cm³/mol. The van der Waals surface area contributed by atoms with Crippen LogP contribution in [0.2, 0.25) is 0 Å². The minimum Gasteiger partial charge on any atom is -0.493 e. The Morgan fingerprint density at radius 2 is 1.61 bits per heavy atom. The van der Waals surface area contributed by atoms with Gasteiger partial charge in [0.25, 0.3) is 5.91 Å². The molecule has 1 aliphatic heterocycles. The SMILES string of the molecule is COC(=O)C1=C(C(=O)OC)N(c2ccccc2C(=O)Nc2ccc(OC)c(OC)c2)COC1. The number of rotatable bonds is 7. The van der Waals surface area contributed by atoms with Gasteiger partial charge in [-0.3, -0.25) is 4.79 Å². The minimum absolute atomic E-state index is 0.00861. The number of nitrogens with zero attached hydrogens (tertiary/aromatic N) is 1. The van der Waals surface area contributed by atoms with E-state index in [4.69, 9.17) is 23.7 Å². The highest BCUT2D eigenvalue weighted by Gasteiger charge is 2.34. The minimum atomic E-state index is -0.756. The van der Waals surface area contributed by atoms with E-state index in [9.17, 15) is 14.4 Å². The number of benzene rings is 2. The van der Waals surface area contributed by atoms with Crippen molar-refractivity contribution in [3.8, 4) is 11.5 Å². The number of carbonyl (C=O) groups is 3. The Balaban J connectivity index is 2.01. The van der Waals surface area contributed by atoms with Gasteiger partial charge >= 0.3 is 11.9 Å². The van der Waals surface area contributed by atoms with Crippen LogP contribution in [0, 0.1) is 0 Å². The summed E-state index contributed by atoms with van der Waals surface area (Å²) in [5.41, 5.74) is 0.995. The molecule has 10 nitrogen and oxygen atoms in total. The van der Waals surface area contributed by atoms with E-state index < -0.39 is 17.8 Å². The molecule has 0 unspecified atom stereocenters. The average molecular weight is 456 g/mol. The molecule has 174 valence electrons. The molecule has 0 saturated heterocycles. The summed E-state index contributed by atoms with van der Waals surface area (Å²) in [6, 6.07) is 11.6. The molecule has 2 aromatic carbocycles. The van der Waals surface area contributed by atoms with Crippen LogP contribution in [0.4, 0.5) is 11.4 Å². The molecular formula is C23H24N2O8. The van der Waals surface area contributed by atoms with E-state index in [-0.39, 0.29) is 30.2 Å². The van der Waals surface area contributed by atoms with Gasteiger partial charge in [-0.1, -0.05) is 12.1 Å². The number of methoxy groups -OCH3 is 4. The van der Waals surface area contributed by atoms with Crippen molar-refractivity contribution in [1.82, 2.24) is 0 Å². The topological polar surface area (TPSA) is 113 Å². The maximum atomic E-state index is 13.2. The van der Waals surface area contributed by atoms with Crippen LogP contribution >= 0.6 is 0 Å². The Hall–Kier alpha value is -4.05. The lowest BCUT2D eigenvalue weighted by Crippen LogP contribution is -2.39.